The van der Waals surface area contributed by atoms with Gasteiger partial charge in [-0.25, -0.2) is 15.0 Å². The first-order valence-corrected chi connectivity index (χ1v) is 9.39. The van der Waals surface area contributed by atoms with Crippen molar-refractivity contribution in [2.24, 2.45) is 0 Å². The van der Waals surface area contributed by atoms with Gasteiger partial charge in [0.25, 0.3) is 0 Å². The Bertz CT molecular complexity index is 968. The molecule has 8 nitrogen and oxygen atoms in total. The van der Waals surface area contributed by atoms with Gasteiger partial charge in [-0.1, -0.05) is 12.1 Å². The van der Waals surface area contributed by atoms with Crippen LogP contribution in [0.25, 0.3) is 11.2 Å². The number of anilines is 1. The summed E-state index contributed by atoms with van der Waals surface area (Å²) in [5.41, 5.74) is 3.63. The molecule has 2 aromatic heterocycles. The van der Waals surface area contributed by atoms with Crippen molar-refractivity contribution < 1.29 is 4.74 Å². The minimum Gasteiger partial charge on any atom is -0.383 e. The second-order valence-electron chi connectivity index (χ2n) is 6.87. The SMILES string of the molecule is COCCn1cnc2c(N3CCN(Cc4ccc(C#N)cc4)CC3)ncnc21. The number of nitrogens with zero attached hydrogens (tertiary/aromatic N) is 7. The molecule has 1 fully saturated rings. The third-order valence-electron chi connectivity index (χ3n) is 5.08. The largest absolute Gasteiger partial charge is 0.383 e. The lowest BCUT2D eigenvalue weighted by Crippen LogP contribution is -2.46. The number of nitriles is 1. The summed E-state index contributed by atoms with van der Waals surface area (Å²) in [5.74, 6) is 0.902. The Balaban J connectivity index is 1.42. The van der Waals surface area contributed by atoms with Crippen LogP contribution >= 0.6 is 0 Å². The standard InChI is InChI=1S/C20H23N7O/c1-28-11-10-27-15-24-18-19(22-14-23-20(18)27)26-8-6-25(7-9-26)13-17-4-2-16(12-21)3-5-17/h2-5,14-15H,6-11,13H2,1H3. The van der Waals surface area contributed by atoms with Gasteiger partial charge in [-0.3, -0.25) is 4.90 Å². The van der Waals surface area contributed by atoms with Crippen molar-refractivity contribution >= 4 is 17.0 Å². The van der Waals surface area contributed by atoms with Crippen molar-refractivity contribution in [3.05, 3.63) is 48.0 Å². The van der Waals surface area contributed by atoms with Crippen LogP contribution in [0, 0.1) is 11.3 Å². The number of hydrogen-bond acceptors (Lipinski definition) is 7. The highest BCUT2D eigenvalue weighted by Gasteiger charge is 2.21. The molecule has 0 radical (unpaired) electrons. The van der Waals surface area contributed by atoms with Gasteiger partial charge in [0.05, 0.1) is 24.6 Å². The van der Waals surface area contributed by atoms with E-state index in [0.29, 0.717) is 12.2 Å². The minimum absolute atomic E-state index is 0.624. The molecule has 0 unspecified atom stereocenters. The van der Waals surface area contributed by atoms with E-state index in [1.807, 2.05) is 35.2 Å². The summed E-state index contributed by atoms with van der Waals surface area (Å²) in [6.07, 6.45) is 3.43. The highest BCUT2D eigenvalue weighted by Crippen LogP contribution is 2.23. The quantitative estimate of drug-likeness (QED) is 0.646. The number of methoxy groups -OCH3 is 1. The predicted octanol–water partition coefficient (Wildman–Crippen LogP) is 1.67. The fourth-order valence-electron chi connectivity index (χ4n) is 3.51. The van der Waals surface area contributed by atoms with E-state index in [2.05, 4.69) is 30.8 Å². The first-order chi connectivity index (χ1) is 13.8. The Morgan fingerprint density at radius 2 is 1.86 bits per heavy atom. The van der Waals surface area contributed by atoms with Gasteiger partial charge >= 0.3 is 0 Å². The van der Waals surface area contributed by atoms with Crippen molar-refractivity contribution in [2.75, 3.05) is 44.8 Å². The minimum atomic E-state index is 0.624. The van der Waals surface area contributed by atoms with Crippen LogP contribution in [0.2, 0.25) is 0 Å². The van der Waals surface area contributed by atoms with Crippen molar-refractivity contribution in [3.63, 3.8) is 0 Å². The average molecular weight is 377 g/mol. The van der Waals surface area contributed by atoms with E-state index >= 15 is 0 Å². The predicted molar refractivity (Wildman–Crippen MR) is 106 cm³/mol. The molecule has 3 aromatic rings. The first kappa shape index (κ1) is 18.3. The topological polar surface area (TPSA) is 83.1 Å². The second-order valence-corrected chi connectivity index (χ2v) is 6.87. The third-order valence-corrected chi connectivity index (χ3v) is 5.08. The molecule has 1 aromatic carbocycles. The van der Waals surface area contributed by atoms with Crippen LogP contribution in [0.5, 0.6) is 0 Å². The summed E-state index contributed by atoms with van der Waals surface area (Å²) >= 11 is 0. The fourth-order valence-corrected chi connectivity index (χ4v) is 3.51. The Labute approximate surface area is 164 Å². The van der Waals surface area contributed by atoms with Gasteiger partial charge in [0.15, 0.2) is 17.0 Å². The number of imidazole rings is 1. The zero-order valence-corrected chi connectivity index (χ0v) is 16.0. The number of fused-ring (bicyclic) bond motifs is 1. The molecule has 0 spiro atoms. The van der Waals surface area contributed by atoms with Gasteiger partial charge in [-0.2, -0.15) is 5.26 Å². The molecule has 0 saturated carbocycles. The molecule has 1 aliphatic rings. The lowest BCUT2D eigenvalue weighted by atomic mass is 10.1. The van der Waals surface area contributed by atoms with Crippen molar-refractivity contribution in [1.82, 2.24) is 24.4 Å². The molecule has 0 bridgehead atoms. The molecule has 8 heteroatoms. The molecule has 0 atom stereocenters. The molecule has 0 amide bonds. The molecule has 0 aliphatic carbocycles. The summed E-state index contributed by atoms with van der Waals surface area (Å²) in [5, 5.41) is 8.92. The van der Waals surface area contributed by atoms with E-state index in [1.165, 1.54) is 5.56 Å². The zero-order chi connectivity index (χ0) is 19.3. The molecule has 1 aliphatic heterocycles. The van der Waals surface area contributed by atoms with Crippen molar-refractivity contribution in [3.8, 4) is 6.07 Å². The molecule has 4 rings (SSSR count). The summed E-state index contributed by atoms with van der Waals surface area (Å²) in [4.78, 5) is 18.2. The number of benzene rings is 1. The van der Waals surface area contributed by atoms with Crippen LogP contribution in [0.4, 0.5) is 5.82 Å². The van der Waals surface area contributed by atoms with Crippen molar-refractivity contribution in [1.29, 1.82) is 5.26 Å². The Morgan fingerprint density at radius 1 is 1.07 bits per heavy atom. The molecular weight excluding hydrogens is 354 g/mol. The van der Waals surface area contributed by atoms with E-state index in [0.717, 1.165) is 56.3 Å². The van der Waals surface area contributed by atoms with E-state index < -0.39 is 0 Å². The van der Waals surface area contributed by atoms with Gasteiger partial charge in [-0.05, 0) is 17.7 Å². The van der Waals surface area contributed by atoms with Crippen LogP contribution in [0.3, 0.4) is 0 Å². The van der Waals surface area contributed by atoms with Crippen LogP contribution in [-0.2, 0) is 17.8 Å². The Morgan fingerprint density at radius 3 is 2.57 bits per heavy atom. The van der Waals surface area contributed by atoms with E-state index in [4.69, 9.17) is 10.00 Å². The van der Waals surface area contributed by atoms with Gasteiger partial charge in [0, 0.05) is 46.4 Å². The second kappa shape index (κ2) is 8.33. The maximum Gasteiger partial charge on any atom is 0.165 e. The first-order valence-electron chi connectivity index (χ1n) is 9.39. The maximum absolute atomic E-state index is 8.92. The summed E-state index contributed by atoms with van der Waals surface area (Å²) < 4.78 is 7.17. The lowest BCUT2D eigenvalue weighted by Gasteiger charge is -2.35. The normalized spacial score (nSPS) is 15.1. The van der Waals surface area contributed by atoms with E-state index in [1.54, 1.807) is 13.4 Å². The molecule has 3 heterocycles. The monoisotopic (exact) mass is 377 g/mol. The number of rotatable bonds is 6. The van der Waals surface area contributed by atoms with Gasteiger partial charge in [-0.15, -0.1) is 0 Å². The smallest absolute Gasteiger partial charge is 0.165 e. The van der Waals surface area contributed by atoms with Crippen LogP contribution in [0.1, 0.15) is 11.1 Å². The van der Waals surface area contributed by atoms with Gasteiger partial charge < -0.3 is 14.2 Å². The third kappa shape index (κ3) is 3.81. The molecule has 144 valence electrons. The number of aromatic nitrogens is 4. The average Bonchev–Trinajstić information content (AvgIpc) is 3.16. The van der Waals surface area contributed by atoms with Gasteiger partial charge in [0.1, 0.15) is 6.33 Å². The number of hydrogen-bond donors (Lipinski definition) is 0. The lowest BCUT2D eigenvalue weighted by molar-refractivity contribution is 0.188. The van der Waals surface area contributed by atoms with E-state index in [-0.39, 0.29) is 0 Å². The molecular formula is C20H23N7O. The summed E-state index contributed by atoms with van der Waals surface area (Å²) in [7, 11) is 1.69. The molecule has 28 heavy (non-hydrogen) atoms. The maximum atomic E-state index is 8.92. The van der Waals surface area contributed by atoms with Crippen LogP contribution in [0.15, 0.2) is 36.9 Å². The Kier molecular flexibility index (Phi) is 5.46. The van der Waals surface area contributed by atoms with Crippen LogP contribution in [-0.4, -0.2) is 64.3 Å². The van der Waals surface area contributed by atoms with Crippen molar-refractivity contribution in [2.45, 2.75) is 13.1 Å². The highest BCUT2D eigenvalue weighted by atomic mass is 16.5. The summed E-state index contributed by atoms with van der Waals surface area (Å²) in [6.45, 7) is 5.94. The van der Waals surface area contributed by atoms with E-state index in [9.17, 15) is 0 Å². The van der Waals surface area contributed by atoms with Gasteiger partial charge in [0.2, 0.25) is 0 Å². The number of piperazine rings is 1. The Hall–Kier alpha value is -3.02. The zero-order valence-electron chi connectivity index (χ0n) is 16.0. The highest BCUT2D eigenvalue weighted by molar-refractivity contribution is 5.83. The molecule has 1 saturated heterocycles. The van der Waals surface area contributed by atoms with Crippen LogP contribution < -0.4 is 4.90 Å². The summed E-state index contributed by atoms with van der Waals surface area (Å²) in [6, 6.07) is 9.99. The molecule has 0 N–H and O–H groups in total. The fraction of sp³-hybridized carbons (Fsp3) is 0.400. The number of ether oxygens (including phenoxy) is 1.